The standard InChI is InChI=1S/C28H28ClFN2O4/c1-35-28(34)23-4-2-20(3-5-23)19-36-26(21-6-10-24(29)11-7-21)18-31-14-16-32(17-15-31)27(33)22-8-12-25(30)13-9-22/h2-13,26H,14-19H2,1H3/t26-/m0/s1. The van der Waals surface area contributed by atoms with Crippen molar-refractivity contribution >= 4 is 23.5 Å². The van der Waals surface area contributed by atoms with Crippen LogP contribution in [0, 0.1) is 5.82 Å². The SMILES string of the molecule is COC(=O)c1ccc(CO[C@@H](CN2CCN(C(=O)c3ccc(F)cc3)CC2)c2ccc(Cl)cc2)cc1. The molecule has 0 aromatic heterocycles. The number of hydrogen-bond donors (Lipinski definition) is 0. The largest absolute Gasteiger partial charge is 0.465 e. The van der Waals surface area contributed by atoms with E-state index in [1.54, 1.807) is 17.0 Å². The van der Waals surface area contributed by atoms with Crippen molar-refractivity contribution in [3.05, 3.63) is 106 Å². The lowest BCUT2D eigenvalue weighted by Crippen LogP contribution is -2.49. The Balaban J connectivity index is 1.37. The highest BCUT2D eigenvalue weighted by Crippen LogP contribution is 2.24. The smallest absolute Gasteiger partial charge is 0.337 e. The van der Waals surface area contributed by atoms with Gasteiger partial charge < -0.3 is 14.4 Å². The lowest BCUT2D eigenvalue weighted by Gasteiger charge is -2.36. The number of halogens is 2. The Morgan fingerprint density at radius 2 is 1.50 bits per heavy atom. The van der Waals surface area contributed by atoms with Gasteiger partial charge in [0.15, 0.2) is 0 Å². The van der Waals surface area contributed by atoms with E-state index >= 15 is 0 Å². The molecule has 6 nitrogen and oxygen atoms in total. The summed E-state index contributed by atoms with van der Waals surface area (Å²) >= 11 is 6.09. The van der Waals surface area contributed by atoms with Gasteiger partial charge in [0.05, 0.1) is 25.4 Å². The number of esters is 1. The Morgan fingerprint density at radius 3 is 2.11 bits per heavy atom. The summed E-state index contributed by atoms with van der Waals surface area (Å²) in [6.07, 6.45) is -0.207. The van der Waals surface area contributed by atoms with Crippen LogP contribution in [0.3, 0.4) is 0 Å². The molecule has 1 atom stereocenters. The maximum absolute atomic E-state index is 13.2. The summed E-state index contributed by atoms with van der Waals surface area (Å²) in [5.74, 6) is -0.821. The topological polar surface area (TPSA) is 59.1 Å². The number of carbonyl (C=O) groups is 2. The lowest BCUT2D eigenvalue weighted by atomic mass is 10.1. The van der Waals surface area contributed by atoms with Crippen LogP contribution in [-0.2, 0) is 16.1 Å². The van der Waals surface area contributed by atoms with Crippen molar-refractivity contribution < 1.29 is 23.5 Å². The summed E-state index contributed by atoms with van der Waals surface area (Å²) in [7, 11) is 1.36. The number of nitrogens with zero attached hydrogens (tertiary/aromatic N) is 2. The fourth-order valence-corrected chi connectivity index (χ4v) is 4.25. The molecule has 1 saturated heterocycles. The van der Waals surface area contributed by atoms with Gasteiger partial charge in [-0.1, -0.05) is 35.9 Å². The summed E-state index contributed by atoms with van der Waals surface area (Å²) < 4.78 is 24.3. The monoisotopic (exact) mass is 510 g/mol. The van der Waals surface area contributed by atoms with Crippen molar-refractivity contribution in [1.82, 2.24) is 9.80 Å². The number of rotatable bonds is 8. The summed E-state index contributed by atoms with van der Waals surface area (Å²) in [6.45, 7) is 3.59. The van der Waals surface area contributed by atoms with Crippen molar-refractivity contribution in [2.24, 2.45) is 0 Å². The van der Waals surface area contributed by atoms with E-state index in [0.29, 0.717) is 55.5 Å². The third kappa shape index (κ3) is 6.69. The van der Waals surface area contributed by atoms with Gasteiger partial charge in [-0.15, -0.1) is 0 Å². The minimum Gasteiger partial charge on any atom is -0.465 e. The molecule has 8 heteroatoms. The van der Waals surface area contributed by atoms with Crippen molar-refractivity contribution in [2.75, 3.05) is 39.8 Å². The molecule has 3 aromatic rings. The molecule has 1 aliphatic heterocycles. The highest BCUT2D eigenvalue weighted by molar-refractivity contribution is 6.30. The first-order valence-electron chi connectivity index (χ1n) is 11.7. The van der Waals surface area contributed by atoms with Crippen molar-refractivity contribution in [1.29, 1.82) is 0 Å². The maximum atomic E-state index is 13.2. The molecule has 36 heavy (non-hydrogen) atoms. The normalized spacial score (nSPS) is 14.9. The minimum absolute atomic E-state index is 0.0875. The van der Waals surface area contributed by atoms with E-state index in [0.717, 1.165) is 11.1 Å². The molecule has 0 bridgehead atoms. The van der Waals surface area contributed by atoms with E-state index in [9.17, 15) is 14.0 Å². The van der Waals surface area contributed by atoms with Gasteiger partial charge in [-0.3, -0.25) is 9.69 Å². The molecular weight excluding hydrogens is 483 g/mol. The quantitative estimate of drug-likeness (QED) is 0.400. The van der Waals surface area contributed by atoms with Crippen LogP contribution in [-0.4, -0.2) is 61.5 Å². The Labute approximate surface area is 215 Å². The molecule has 0 unspecified atom stereocenters. The molecule has 0 N–H and O–H groups in total. The molecule has 1 heterocycles. The van der Waals surface area contributed by atoms with Gasteiger partial charge in [0.1, 0.15) is 5.82 Å². The zero-order valence-corrected chi connectivity index (χ0v) is 20.8. The lowest BCUT2D eigenvalue weighted by molar-refractivity contribution is 0.00341. The predicted octanol–water partition coefficient (Wildman–Crippen LogP) is 4.98. The summed E-state index contributed by atoms with van der Waals surface area (Å²) in [6, 6.07) is 20.4. The molecule has 0 saturated carbocycles. The van der Waals surface area contributed by atoms with Crippen LogP contribution in [0.1, 0.15) is 37.9 Å². The van der Waals surface area contributed by atoms with E-state index in [4.69, 9.17) is 21.1 Å². The molecule has 0 aliphatic carbocycles. The average molecular weight is 511 g/mol. The van der Waals surface area contributed by atoms with Gasteiger partial charge in [-0.05, 0) is 59.7 Å². The van der Waals surface area contributed by atoms with Crippen LogP contribution in [0.15, 0.2) is 72.8 Å². The molecule has 3 aromatic carbocycles. The van der Waals surface area contributed by atoms with Crippen LogP contribution < -0.4 is 0 Å². The highest BCUT2D eigenvalue weighted by Gasteiger charge is 2.25. The van der Waals surface area contributed by atoms with E-state index in [1.165, 1.54) is 31.4 Å². The number of methoxy groups -OCH3 is 1. The molecule has 188 valence electrons. The molecule has 1 aliphatic rings. The second kappa shape index (κ2) is 12.1. The Morgan fingerprint density at radius 1 is 0.889 bits per heavy atom. The van der Waals surface area contributed by atoms with Gasteiger partial charge in [0.2, 0.25) is 0 Å². The van der Waals surface area contributed by atoms with Crippen LogP contribution in [0.5, 0.6) is 0 Å². The summed E-state index contributed by atoms with van der Waals surface area (Å²) in [5, 5.41) is 0.656. The van der Waals surface area contributed by atoms with E-state index < -0.39 is 0 Å². The maximum Gasteiger partial charge on any atom is 0.337 e. The third-order valence-electron chi connectivity index (χ3n) is 6.24. The number of amides is 1. The Hall–Kier alpha value is -3.26. The highest BCUT2D eigenvalue weighted by atomic mass is 35.5. The van der Waals surface area contributed by atoms with E-state index in [-0.39, 0.29) is 23.8 Å². The van der Waals surface area contributed by atoms with E-state index in [2.05, 4.69) is 4.90 Å². The van der Waals surface area contributed by atoms with Gasteiger partial charge in [-0.25, -0.2) is 9.18 Å². The molecule has 1 amide bonds. The first-order chi connectivity index (χ1) is 17.4. The fraction of sp³-hybridized carbons (Fsp3) is 0.286. The Bertz CT molecular complexity index is 1160. The molecular formula is C28H28ClFN2O4. The number of piperazine rings is 1. The van der Waals surface area contributed by atoms with Gasteiger partial charge in [0.25, 0.3) is 5.91 Å². The van der Waals surface area contributed by atoms with Gasteiger partial charge in [-0.2, -0.15) is 0 Å². The summed E-state index contributed by atoms with van der Waals surface area (Å²) in [4.78, 5) is 28.5. The fourth-order valence-electron chi connectivity index (χ4n) is 4.13. The average Bonchev–Trinajstić information content (AvgIpc) is 2.92. The zero-order valence-electron chi connectivity index (χ0n) is 20.0. The van der Waals surface area contributed by atoms with Crippen LogP contribution in [0.2, 0.25) is 5.02 Å². The number of ether oxygens (including phenoxy) is 2. The van der Waals surface area contributed by atoms with Crippen LogP contribution >= 0.6 is 11.6 Å². The van der Waals surface area contributed by atoms with E-state index in [1.807, 2.05) is 36.4 Å². The van der Waals surface area contributed by atoms with Gasteiger partial charge in [0, 0.05) is 43.3 Å². The first kappa shape index (κ1) is 25.8. The van der Waals surface area contributed by atoms with Crippen molar-refractivity contribution in [3.8, 4) is 0 Å². The molecule has 1 fully saturated rings. The number of benzene rings is 3. The van der Waals surface area contributed by atoms with Crippen LogP contribution in [0.4, 0.5) is 4.39 Å². The zero-order chi connectivity index (χ0) is 25.5. The summed E-state index contributed by atoms with van der Waals surface area (Å²) in [5.41, 5.74) is 2.93. The second-order valence-electron chi connectivity index (χ2n) is 8.64. The number of hydrogen-bond acceptors (Lipinski definition) is 5. The number of carbonyl (C=O) groups excluding carboxylic acids is 2. The Kier molecular flexibility index (Phi) is 8.70. The van der Waals surface area contributed by atoms with Crippen molar-refractivity contribution in [3.63, 3.8) is 0 Å². The molecule has 0 spiro atoms. The second-order valence-corrected chi connectivity index (χ2v) is 9.08. The molecule has 0 radical (unpaired) electrons. The third-order valence-corrected chi connectivity index (χ3v) is 6.49. The minimum atomic E-state index is -0.376. The van der Waals surface area contributed by atoms with Gasteiger partial charge >= 0.3 is 5.97 Å². The van der Waals surface area contributed by atoms with Crippen molar-refractivity contribution in [2.45, 2.75) is 12.7 Å². The van der Waals surface area contributed by atoms with Crippen LogP contribution in [0.25, 0.3) is 0 Å². The first-order valence-corrected chi connectivity index (χ1v) is 12.1. The predicted molar refractivity (Wildman–Crippen MR) is 136 cm³/mol. The molecule has 4 rings (SSSR count).